The van der Waals surface area contributed by atoms with E-state index in [0.29, 0.717) is 57.2 Å². The predicted molar refractivity (Wildman–Crippen MR) is 138 cm³/mol. The van der Waals surface area contributed by atoms with Gasteiger partial charge in [-0.05, 0) is 23.3 Å². The number of amides is 1. The number of halogens is 1. The molecular formula is C26H26ClN7O3. The number of piperazine rings is 1. The molecule has 5 rings (SSSR count). The Morgan fingerprint density at radius 1 is 1.16 bits per heavy atom. The molecule has 2 aromatic heterocycles. The molecule has 0 spiro atoms. The fourth-order valence-corrected chi connectivity index (χ4v) is 5.01. The van der Waals surface area contributed by atoms with Crippen LogP contribution in [0.5, 0.6) is 0 Å². The number of rotatable bonds is 7. The maximum atomic E-state index is 12.8. The molecule has 3 aromatic rings. The first-order valence-corrected chi connectivity index (χ1v) is 12.5. The van der Waals surface area contributed by atoms with Crippen molar-refractivity contribution in [2.24, 2.45) is 0 Å². The van der Waals surface area contributed by atoms with Crippen molar-refractivity contribution in [2.75, 3.05) is 49.2 Å². The zero-order chi connectivity index (χ0) is 25.8. The Bertz CT molecular complexity index is 1360. The topological polar surface area (TPSA) is 118 Å². The van der Waals surface area contributed by atoms with Crippen LogP contribution >= 0.6 is 11.6 Å². The van der Waals surface area contributed by atoms with Crippen molar-refractivity contribution in [1.82, 2.24) is 20.1 Å². The van der Waals surface area contributed by atoms with E-state index < -0.39 is 5.56 Å². The van der Waals surface area contributed by atoms with Crippen LogP contribution < -0.4 is 15.4 Å². The summed E-state index contributed by atoms with van der Waals surface area (Å²) in [6.07, 6.45) is 3.41. The molecule has 2 aliphatic heterocycles. The smallest absolute Gasteiger partial charge is 0.285 e. The number of H-pyrrole nitrogens is 1. The third-order valence-corrected chi connectivity index (χ3v) is 7.15. The lowest BCUT2D eigenvalue weighted by molar-refractivity contribution is -0.132. The monoisotopic (exact) mass is 519 g/mol. The van der Waals surface area contributed by atoms with Crippen LogP contribution in [0.15, 0.2) is 53.6 Å². The molecule has 0 aliphatic carbocycles. The Labute approximate surface area is 219 Å². The van der Waals surface area contributed by atoms with Gasteiger partial charge < -0.3 is 19.4 Å². The number of aromatic amines is 1. The molecule has 1 fully saturated rings. The summed E-state index contributed by atoms with van der Waals surface area (Å²) in [7, 11) is 0. The quantitative estimate of drug-likeness (QED) is 0.473. The van der Waals surface area contributed by atoms with Crippen molar-refractivity contribution in [2.45, 2.75) is 19.0 Å². The SMILES string of the molecule is N#Cc1ccc(N2CCN(C(=O)CCOCC3c4ccccc4CN3c3cn[nH]c(=O)c3Cl)CC2)nc1. The second kappa shape index (κ2) is 11.0. The number of benzene rings is 1. The number of ether oxygens (including phenoxy) is 1. The molecule has 1 N–H and O–H groups in total. The molecule has 4 heterocycles. The number of fused-ring (bicyclic) bond motifs is 1. The largest absolute Gasteiger partial charge is 0.378 e. The fourth-order valence-electron chi connectivity index (χ4n) is 4.81. The van der Waals surface area contributed by atoms with Gasteiger partial charge in [0.2, 0.25) is 5.91 Å². The number of pyridine rings is 1. The van der Waals surface area contributed by atoms with E-state index in [1.807, 2.05) is 40.1 Å². The molecule has 0 saturated carbocycles. The van der Waals surface area contributed by atoms with Gasteiger partial charge in [0.15, 0.2) is 0 Å². The summed E-state index contributed by atoms with van der Waals surface area (Å²) in [6.45, 7) is 3.83. The lowest BCUT2D eigenvalue weighted by Gasteiger charge is -2.35. The zero-order valence-electron chi connectivity index (χ0n) is 20.1. The summed E-state index contributed by atoms with van der Waals surface area (Å²) in [6, 6.07) is 13.6. The maximum absolute atomic E-state index is 12.8. The minimum absolute atomic E-state index is 0.0537. The minimum atomic E-state index is -0.435. The van der Waals surface area contributed by atoms with Crippen LogP contribution in [0.2, 0.25) is 5.02 Å². The average Bonchev–Trinajstić information content (AvgIpc) is 3.31. The highest BCUT2D eigenvalue weighted by Crippen LogP contribution is 2.39. The van der Waals surface area contributed by atoms with E-state index in [2.05, 4.69) is 26.2 Å². The summed E-state index contributed by atoms with van der Waals surface area (Å²) >= 11 is 6.30. The molecule has 1 saturated heterocycles. The summed E-state index contributed by atoms with van der Waals surface area (Å²) in [5, 5.41) is 15.3. The highest BCUT2D eigenvalue weighted by Gasteiger charge is 2.32. The number of hydrogen-bond donors (Lipinski definition) is 1. The summed E-state index contributed by atoms with van der Waals surface area (Å²) in [4.78, 5) is 35.1. The molecule has 0 radical (unpaired) electrons. The first kappa shape index (κ1) is 24.7. The van der Waals surface area contributed by atoms with E-state index in [0.717, 1.165) is 16.9 Å². The van der Waals surface area contributed by atoms with Crippen molar-refractivity contribution < 1.29 is 9.53 Å². The number of hydrogen-bond acceptors (Lipinski definition) is 8. The van der Waals surface area contributed by atoms with Gasteiger partial charge in [0.05, 0.1) is 43.1 Å². The lowest BCUT2D eigenvalue weighted by Crippen LogP contribution is -2.49. The number of nitrogens with one attached hydrogen (secondary N) is 1. The van der Waals surface area contributed by atoms with E-state index in [-0.39, 0.29) is 23.4 Å². The van der Waals surface area contributed by atoms with E-state index in [4.69, 9.17) is 21.6 Å². The van der Waals surface area contributed by atoms with Gasteiger partial charge in [-0.3, -0.25) is 9.59 Å². The van der Waals surface area contributed by atoms with E-state index >= 15 is 0 Å². The number of anilines is 2. The molecule has 37 heavy (non-hydrogen) atoms. The fraction of sp³-hybridized carbons (Fsp3) is 0.346. The van der Waals surface area contributed by atoms with Gasteiger partial charge in [0.1, 0.15) is 16.9 Å². The lowest BCUT2D eigenvalue weighted by atomic mass is 10.1. The van der Waals surface area contributed by atoms with Gasteiger partial charge in [-0.1, -0.05) is 35.9 Å². The second-order valence-electron chi connectivity index (χ2n) is 8.95. The van der Waals surface area contributed by atoms with Crippen molar-refractivity contribution >= 4 is 29.0 Å². The standard InChI is InChI=1S/C26H26ClN7O3/c27-25-21(15-30-31-26(25)36)34-16-19-3-1-2-4-20(19)22(34)17-37-12-7-24(35)33-10-8-32(9-11-33)23-6-5-18(13-28)14-29-23/h1-6,14-15,22H,7-12,16-17H2,(H,31,36). The highest BCUT2D eigenvalue weighted by molar-refractivity contribution is 6.33. The first-order valence-electron chi connectivity index (χ1n) is 12.1. The van der Waals surface area contributed by atoms with Crippen LogP contribution in [0, 0.1) is 11.3 Å². The van der Waals surface area contributed by atoms with Gasteiger partial charge >= 0.3 is 0 Å². The molecule has 0 bridgehead atoms. The number of carbonyl (C=O) groups is 1. The Balaban J connectivity index is 1.14. The Hall–Kier alpha value is -3.94. The Kier molecular flexibility index (Phi) is 7.35. The number of carbonyl (C=O) groups excluding carboxylic acids is 1. The van der Waals surface area contributed by atoms with Crippen LogP contribution in [-0.2, 0) is 16.1 Å². The normalized spacial score (nSPS) is 17.0. The van der Waals surface area contributed by atoms with Crippen molar-refractivity contribution in [1.29, 1.82) is 5.26 Å². The van der Waals surface area contributed by atoms with Crippen molar-refractivity contribution in [3.63, 3.8) is 0 Å². The molecule has 190 valence electrons. The number of nitrogens with zero attached hydrogens (tertiary/aromatic N) is 6. The van der Waals surface area contributed by atoms with E-state index in [9.17, 15) is 9.59 Å². The van der Waals surface area contributed by atoms with Gasteiger partial charge in [-0.2, -0.15) is 10.4 Å². The van der Waals surface area contributed by atoms with Gasteiger partial charge in [-0.25, -0.2) is 10.1 Å². The summed E-state index contributed by atoms with van der Waals surface area (Å²) in [5.74, 6) is 0.865. The van der Waals surface area contributed by atoms with Crippen LogP contribution in [0.1, 0.15) is 29.2 Å². The van der Waals surface area contributed by atoms with Crippen LogP contribution in [0.3, 0.4) is 0 Å². The average molecular weight is 520 g/mol. The predicted octanol–water partition coefficient (Wildman–Crippen LogP) is 2.51. The second-order valence-corrected chi connectivity index (χ2v) is 9.33. The zero-order valence-corrected chi connectivity index (χ0v) is 20.9. The first-order chi connectivity index (χ1) is 18.0. The third kappa shape index (κ3) is 5.28. The van der Waals surface area contributed by atoms with Crippen molar-refractivity contribution in [3.8, 4) is 6.07 Å². The van der Waals surface area contributed by atoms with Crippen LogP contribution in [-0.4, -0.2) is 65.4 Å². The molecule has 11 heteroatoms. The molecule has 1 atom stereocenters. The van der Waals surface area contributed by atoms with E-state index in [1.54, 1.807) is 18.5 Å². The Morgan fingerprint density at radius 3 is 2.73 bits per heavy atom. The Morgan fingerprint density at radius 2 is 1.97 bits per heavy atom. The summed E-state index contributed by atoms with van der Waals surface area (Å²) in [5.41, 5.74) is 2.89. The summed E-state index contributed by atoms with van der Waals surface area (Å²) < 4.78 is 5.98. The third-order valence-electron chi connectivity index (χ3n) is 6.79. The van der Waals surface area contributed by atoms with Crippen molar-refractivity contribution in [3.05, 3.63) is 80.9 Å². The van der Waals surface area contributed by atoms with Crippen LogP contribution in [0.25, 0.3) is 0 Å². The maximum Gasteiger partial charge on any atom is 0.285 e. The van der Waals surface area contributed by atoms with Gasteiger partial charge in [0, 0.05) is 38.9 Å². The molecule has 1 aromatic carbocycles. The van der Waals surface area contributed by atoms with Gasteiger partial charge in [-0.15, -0.1) is 0 Å². The molecule has 2 aliphatic rings. The molecular weight excluding hydrogens is 494 g/mol. The number of nitriles is 1. The van der Waals surface area contributed by atoms with Gasteiger partial charge in [0.25, 0.3) is 5.56 Å². The van der Waals surface area contributed by atoms with Crippen LogP contribution in [0.4, 0.5) is 11.5 Å². The minimum Gasteiger partial charge on any atom is -0.378 e. The molecule has 10 nitrogen and oxygen atoms in total. The molecule has 1 amide bonds. The highest BCUT2D eigenvalue weighted by atomic mass is 35.5. The van der Waals surface area contributed by atoms with E-state index in [1.165, 1.54) is 0 Å². The molecule has 1 unspecified atom stereocenters. The number of aromatic nitrogens is 3.